The second kappa shape index (κ2) is 3.51. The molecule has 7 heteroatoms. The van der Waals surface area contributed by atoms with Gasteiger partial charge in [0.15, 0.2) is 5.69 Å². The van der Waals surface area contributed by atoms with Crippen molar-refractivity contribution in [3.63, 3.8) is 0 Å². The fraction of sp³-hybridized carbons (Fsp3) is 0.444. The number of nitrogens with one attached hydrogen (secondary N) is 1. The zero-order valence-corrected chi connectivity index (χ0v) is 9.15. The Bertz CT molecular complexity index is 465. The Hall–Kier alpha value is -2.05. The number of nitrogens with two attached hydrogens (primary N) is 1. The molecule has 2 amide bonds. The molecule has 86 valence electrons. The average molecular weight is 223 g/mol. The van der Waals surface area contributed by atoms with Crippen molar-refractivity contribution in [3.05, 3.63) is 11.4 Å². The van der Waals surface area contributed by atoms with Gasteiger partial charge in [-0.3, -0.25) is 14.3 Å². The van der Waals surface area contributed by atoms with Gasteiger partial charge in [-0.05, 0) is 0 Å². The molecule has 1 aromatic heterocycles. The van der Waals surface area contributed by atoms with E-state index in [1.54, 1.807) is 11.9 Å². The van der Waals surface area contributed by atoms with Crippen LogP contribution in [0.1, 0.15) is 21.0 Å². The minimum Gasteiger partial charge on any atom is -0.395 e. The second-order valence-electron chi connectivity index (χ2n) is 3.64. The number of carbonyl (C=O) groups excluding carboxylic acids is 2. The van der Waals surface area contributed by atoms with Crippen LogP contribution in [0.25, 0.3) is 0 Å². The largest absolute Gasteiger partial charge is 0.395 e. The van der Waals surface area contributed by atoms with Crippen LogP contribution in [0.3, 0.4) is 0 Å². The van der Waals surface area contributed by atoms with Gasteiger partial charge < -0.3 is 16.0 Å². The number of aromatic nitrogens is 2. The first-order chi connectivity index (χ1) is 7.56. The molecule has 0 unspecified atom stereocenters. The highest BCUT2D eigenvalue weighted by Gasteiger charge is 2.29. The maximum absolute atomic E-state index is 11.8. The fourth-order valence-electron chi connectivity index (χ4n) is 1.68. The third kappa shape index (κ3) is 1.32. The van der Waals surface area contributed by atoms with Gasteiger partial charge in [0.25, 0.3) is 11.8 Å². The van der Waals surface area contributed by atoms with E-state index in [2.05, 4.69) is 10.4 Å². The summed E-state index contributed by atoms with van der Waals surface area (Å²) < 4.78 is 1.49. The number of nitrogen functional groups attached to an aromatic ring is 1. The molecule has 0 bridgehead atoms. The molecule has 7 nitrogen and oxygen atoms in total. The van der Waals surface area contributed by atoms with Crippen LogP contribution in [0.4, 0.5) is 5.69 Å². The summed E-state index contributed by atoms with van der Waals surface area (Å²) in [4.78, 5) is 24.8. The Labute approximate surface area is 92.2 Å². The third-order valence-electron chi connectivity index (χ3n) is 2.63. The van der Waals surface area contributed by atoms with E-state index in [9.17, 15) is 9.59 Å². The molecule has 1 aliphatic heterocycles. The zero-order chi connectivity index (χ0) is 11.9. The molecule has 0 aliphatic carbocycles. The molecule has 0 fully saturated rings. The number of anilines is 1. The third-order valence-corrected chi connectivity index (χ3v) is 2.63. The number of hydrogen-bond acceptors (Lipinski definition) is 4. The molecule has 3 N–H and O–H groups in total. The Balaban J connectivity index is 2.52. The van der Waals surface area contributed by atoms with E-state index in [1.807, 2.05) is 0 Å². The van der Waals surface area contributed by atoms with Crippen molar-refractivity contribution in [1.82, 2.24) is 20.0 Å². The predicted octanol–water partition coefficient (Wildman–Crippen LogP) is -1.09. The van der Waals surface area contributed by atoms with E-state index in [0.29, 0.717) is 18.8 Å². The number of fused-ring (bicyclic) bond motifs is 1. The lowest BCUT2D eigenvalue weighted by atomic mass is 10.2. The van der Waals surface area contributed by atoms with Gasteiger partial charge in [-0.1, -0.05) is 0 Å². The van der Waals surface area contributed by atoms with Crippen molar-refractivity contribution in [2.75, 3.05) is 26.4 Å². The van der Waals surface area contributed by atoms with Gasteiger partial charge in [0, 0.05) is 20.6 Å². The van der Waals surface area contributed by atoms with Gasteiger partial charge in [-0.2, -0.15) is 5.10 Å². The van der Waals surface area contributed by atoms with Crippen molar-refractivity contribution in [3.8, 4) is 0 Å². The van der Waals surface area contributed by atoms with Gasteiger partial charge in [-0.15, -0.1) is 0 Å². The van der Waals surface area contributed by atoms with Gasteiger partial charge in [0.05, 0.1) is 12.2 Å². The van der Waals surface area contributed by atoms with Crippen molar-refractivity contribution in [2.45, 2.75) is 6.54 Å². The summed E-state index contributed by atoms with van der Waals surface area (Å²) in [5.74, 6) is -0.582. The van der Waals surface area contributed by atoms with Gasteiger partial charge >= 0.3 is 0 Å². The molecule has 1 aliphatic rings. The van der Waals surface area contributed by atoms with Gasteiger partial charge in [0.1, 0.15) is 5.69 Å². The van der Waals surface area contributed by atoms with Crippen LogP contribution in [-0.4, -0.2) is 47.1 Å². The smallest absolute Gasteiger partial charge is 0.274 e. The first kappa shape index (κ1) is 10.5. The molecule has 2 rings (SSSR count). The Morgan fingerprint density at radius 2 is 2.19 bits per heavy atom. The number of nitrogens with zero attached hydrogens (tertiary/aromatic N) is 3. The van der Waals surface area contributed by atoms with Crippen LogP contribution in [0.5, 0.6) is 0 Å². The lowest BCUT2D eigenvalue weighted by Crippen LogP contribution is -2.37. The second-order valence-corrected chi connectivity index (χ2v) is 3.64. The quantitative estimate of drug-likeness (QED) is 0.632. The predicted molar refractivity (Wildman–Crippen MR) is 57.0 cm³/mol. The van der Waals surface area contributed by atoms with E-state index < -0.39 is 0 Å². The molecule has 0 saturated heterocycles. The number of carbonyl (C=O) groups is 2. The van der Waals surface area contributed by atoms with Crippen LogP contribution >= 0.6 is 0 Å². The highest BCUT2D eigenvalue weighted by molar-refractivity contribution is 6.05. The molecule has 0 atom stereocenters. The lowest BCUT2D eigenvalue weighted by Gasteiger charge is -2.23. The van der Waals surface area contributed by atoms with E-state index in [1.165, 1.54) is 11.7 Å². The van der Waals surface area contributed by atoms with E-state index >= 15 is 0 Å². The van der Waals surface area contributed by atoms with Crippen molar-refractivity contribution < 1.29 is 9.59 Å². The summed E-state index contributed by atoms with van der Waals surface area (Å²) in [5.41, 5.74) is 6.32. The lowest BCUT2D eigenvalue weighted by molar-refractivity contribution is 0.0743. The molecule has 0 saturated carbocycles. The highest BCUT2D eigenvalue weighted by atomic mass is 16.2. The fourth-order valence-corrected chi connectivity index (χ4v) is 1.68. The minimum absolute atomic E-state index is 0.112. The first-order valence-corrected chi connectivity index (χ1v) is 4.90. The van der Waals surface area contributed by atoms with E-state index in [0.717, 1.165) is 0 Å². The summed E-state index contributed by atoms with van der Waals surface area (Å²) in [7, 11) is 3.19. The number of amides is 2. The summed E-state index contributed by atoms with van der Waals surface area (Å²) in [5, 5.41) is 6.48. The normalized spacial score (nSPS) is 14.9. The molecule has 16 heavy (non-hydrogen) atoms. The minimum atomic E-state index is -0.380. The Morgan fingerprint density at radius 3 is 2.81 bits per heavy atom. The van der Waals surface area contributed by atoms with Crippen molar-refractivity contribution >= 4 is 17.5 Å². The molecule has 0 aromatic carbocycles. The zero-order valence-electron chi connectivity index (χ0n) is 9.15. The van der Waals surface area contributed by atoms with Gasteiger partial charge in [0.2, 0.25) is 0 Å². The summed E-state index contributed by atoms with van der Waals surface area (Å²) in [6.07, 6.45) is 0. The highest BCUT2D eigenvalue weighted by Crippen LogP contribution is 2.21. The van der Waals surface area contributed by atoms with Gasteiger partial charge in [-0.25, -0.2) is 0 Å². The molecule has 1 aromatic rings. The molecule has 0 radical (unpaired) electrons. The van der Waals surface area contributed by atoms with Crippen LogP contribution in [0.2, 0.25) is 0 Å². The molecule has 2 heterocycles. The van der Waals surface area contributed by atoms with Crippen LogP contribution in [0, 0.1) is 0 Å². The van der Waals surface area contributed by atoms with Crippen molar-refractivity contribution in [1.29, 1.82) is 0 Å². The summed E-state index contributed by atoms with van der Waals surface area (Å²) >= 11 is 0. The standard InChI is InChI=1S/C9H13N5O2/c1-11-8(15)6-5(10)7-9(16)13(2)3-4-14(7)12-6/h3-4,10H2,1-2H3,(H,11,15). The maximum atomic E-state index is 11.8. The summed E-state index contributed by atoms with van der Waals surface area (Å²) in [6.45, 7) is 1.12. The molecular formula is C9H13N5O2. The molecular weight excluding hydrogens is 210 g/mol. The number of hydrogen-bond donors (Lipinski definition) is 2. The molecule has 0 spiro atoms. The van der Waals surface area contributed by atoms with Crippen LogP contribution in [0.15, 0.2) is 0 Å². The summed E-state index contributed by atoms with van der Waals surface area (Å²) in [6, 6.07) is 0. The van der Waals surface area contributed by atoms with E-state index in [4.69, 9.17) is 5.73 Å². The number of likely N-dealkylation sites (N-methyl/N-ethyl adjacent to an activating group) is 1. The first-order valence-electron chi connectivity index (χ1n) is 4.90. The van der Waals surface area contributed by atoms with E-state index in [-0.39, 0.29) is 23.2 Å². The van der Waals surface area contributed by atoms with Crippen LogP contribution in [-0.2, 0) is 6.54 Å². The topological polar surface area (TPSA) is 93.2 Å². The monoisotopic (exact) mass is 223 g/mol. The maximum Gasteiger partial charge on any atom is 0.274 e. The Kier molecular flexibility index (Phi) is 2.30. The average Bonchev–Trinajstić information content (AvgIpc) is 2.61. The Morgan fingerprint density at radius 1 is 1.50 bits per heavy atom. The van der Waals surface area contributed by atoms with Crippen molar-refractivity contribution in [2.24, 2.45) is 0 Å². The number of rotatable bonds is 1. The van der Waals surface area contributed by atoms with Crippen LogP contribution < -0.4 is 11.1 Å². The SMILES string of the molecule is CNC(=O)c1nn2c(c1N)C(=O)N(C)CC2.